The smallest absolute Gasteiger partial charge is 0.0602 e. The molecule has 0 spiro atoms. The summed E-state index contributed by atoms with van der Waals surface area (Å²) < 4.78 is 2.40. The van der Waals surface area contributed by atoms with E-state index in [1.807, 2.05) is 0 Å². The Morgan fingerprint density at radius 3 is 1.55 bits per heavy atom. The van der Waals surface area contributed by atoms with Crippen LogP contribution in [0.2, 0.25) is 0 Å². The molecular formula is C63H52N2. The average molecular weight is 837 g/mol. The third kappa shape index (κ3) is 5.29. The second-order valence-electron chi connectivity index (χ2n) is 20.5. The highest BCUT2D eigenvalue weighted by Gasteiger charge is 2.47. The number of hydrogen-bond donors (Lipinski definition) is 0. The van der Waals surface area contributed by atoms with E-state index in [9.17, 15) is 0 Å². The van der Waals surface area contributed by atoms with Gasteiger partial charge >= 0.3 is 0 Å². The lowest BCUT2D eigenvalue weighted by atomic mass is 9.59. The van der Waals surface area contributed by atoms with Gasteiger partial charge in [0.1, 0.15) is 0 Å². The van der Waals surface area contributed by atoms with Crippen LogP contribution in [0.25, 0.3) is 65.4 Å². The monoisotopic (exact) mass is 836 g/mol. The molecule has 2 heterocycles. The molecule has 9 aromatic carbocycles. The van der Waals surface area contributed by atoms with Gasteiger partial charge in [-0.25, -0.2) is 0 Å². The Kier molecular flexibility index (Phi) is 7.92. The summed E-state index contributed by atoms with van der Waals surface area (Å²) in [4.78, 5) is 2.66. The summed E-state index contributed by atoms with van der Waals surface area (Å²) >= 11 is 0. The normalized spacial score (nSPS) is 19.0. The van der Waals surface area contributed by atoms with E-state index in [0.717, 1.165) is 0 Å². The molecule has 0 fully saturated rings. The van der Waals surface area contributed by atoms with E-state index >= 15 is 0 Å². The molecule has 0 bridgehead atoms. The molecule has 1 aromatic heterocycles. The van der Waals surface area contributed by atoms with Crippen molar-refractivity contribution in [2.45, 2.75) is 63.8 Å². The van der Waals surface area contributed by atoms with Gasteiger partial charge in [-0.1, -0.05) is 169 Å². The average Bonchev–Trinajstić information content (AvgIpc) is 3.67. The first-order valence-corrected chi connectivity index (χ1v) is 23.4. The maximum atomic E-state index is 2.66. The van der Waals surface area contributed by atoms with E-state index in [1.54, 1.807) is 0 Å². The number of fused-ring (bicyclic) bond motifs is 13. The van der Waals surface area contributed by atoms with Crippen molar-refractivity contribution >= 4 is 71.1 Å². The Balaban J connectivity index is 1.03. The molecule has 0 saturated heterocycles. The van der Waals surface area contributed by atoms with Crippen molar-refractivity contribution in [1.29, 1.82) is 0 Å². The summed E-state index contributed by atoms with van der Waals surface area (Å²) in [6, 6.07) is 66.4. The summed E-state index contributed by atoms with van der Waals surface area (Å²) in [6.45, 7) is 14.7. The van der Waals surface area contributed by atoms with Crippen LogP contribution in [-0.4, -0.2) is 10.6 Å². The molecular weight excluding hydrogens is 785 g/mol. The highest BCUT2D eigenvalue weighted by Crippen LogP contribution is 2.56. The predicted octanol–water partition coefficient (Wildman–Crippen LogP) is 16.3. The first-order valence-electron chi connectivity index (χ1n) is 23.4. The molecule has 0 saturated carbocycles. The van der Waals surface area contributed by atoms with E-state index < -0.39 is 0 Å². The van der Waals surface area contributed by atoms with Crippen LogP contribution < -0.4 is 4.90 Å². The van der Waals surface area contributed by atoms with Crippen LogP contribution >= 0.6 is 0 Å². The molecule has 2 atom stereocenters. The van der Waals surface area contributed by atoms with Crippen LogP contribution in [0, 0.1) is 5.92 Å². The number of allylic oxidation sites excluding steroid dienone is 2. The molecule has 2 aliphatic carbocycles. The predicted molar refractivity (Wildman–Crippen MR) is 276 cm³/mol. The van der Waals surface area contributed by atoms with Gasteiger partial charge in [0.05, 0.1) is 17.1 Å². The number of para-hydroxylation sites is 3. The highest BCUT2D eigenvalue weighted by molar-refractivity contribution is 6.26. The van der Waals surface area contributed by atoms with E-state index in [-0.39, 0.29) is 28.2 Å². The molecule has 0 radical (unpaired) electrons. The lowest BCUT2D eigenvalue weighted by Crippen LogP contribution is -2.50. The third-order valence-electron chi connectivity index (χ3n) is 16.1. The van der Waals surface area contributed by atoms with Crippen LogP contribution in [0.5, 0.6) is 0 Å². The molecule has 2 heteroatoms. The summed E-state index contributed by atoms with van der Waals surface area (Å²) in [5, 5.41) is 10.5. The lowest BCUT2D eigenvalue weighted by molar-refractivity contribution is 0.333. The zero-order valence-corrected chi connectivity index (χ0v) is 38.0. The zero-order chi connectivity index (χ0) is 44.0. The third-order valence-corrected chi connectivity index (χ3v) is 16.1. The molecule has 65 heavy (non-hydrogen) atoms. The SMILES string of the molecule is CC1(C)c2ccccc2C(C)(C)c2cc3c(cc21)c1ccccc1c1cc2c(cc13)C(C)(C)C1C=CC(c3ccc4c(c3)c3ccccc3n4-c3ccccc3)=CC1N2c1ccccc1. The summed E-state index contributed by atoms with van der Waals surface area (Å²) in [6.07, 6.45) is 7.50. The van der Waals surface area contributed by atoms with E-state index in [4.69, 9.17) is 0 Å². The Labute approximate surface area is 381 Å². The van der Waals surface area contributed by atoms with Crippen molar-refractivity contribution in [2.24, 2.45) is 5.92 Å². The van der Waals surface area contributed by atoms with Crippen molar-refractivity contribution in [3.63, 3.8) is 0 Å². The molecule has 2 nitrogen and oxygen atoms in total. The fourth-order valence-corrected chi connectivity index (χ4v) is 12.7. The minimum Gasteiger partial charge on any atom is -0.334 e. The van der Waals surface area contributed by atoms with Crippen molar-refractivity contribution in [1.82, 2.24) is 4.57 Å². The van der Waals surface area contributed by atoms with Crippen LogP contribution in [0.1, 0.15) is 74.9 Å². The van der Waals surface area contributed by atoms with Crippen molar-refractivity contribution in [3.05, 3.63) is 228 Å². The number of hydrogen-bond acceptors (Lipinski definition) is 1. The minimum absolute atomic E-state index is 0.0977. The number of benzene rings is 9. The van der Waals surface area contributed by atoms with Crippen molar-refractivity contribution in [3.8, 4) is 5.69 Å². The van der Waals surface area contributed by atoms with Gasteiger partial charge in [0.15, 0.2) is 0 Å². The summed E-state index contributed by atoms with van der Waals surface area (Å²) in [5.41, 5.74) is 15.3. The fraction of sp³-hybridized carbons (Fsp3) is 0.175. The number of nitrogens with zero attached hydrogens (tertiary/aromatic N) is 2. The van der Waals surface area contributed by atoms with Crippen LogP contribution in [-0.2, 0) is 16.2 Å². The van der Waals surface area contributed by atoms with Gasteiger partial charge in [0.2, 0.25) is 0 Å². The maximum Gasteiger partial charge on any atom is 0.0602 e. The molecule has 1 aliphatic heterocycles. The second-order valence-corrected chi connectivity index (χ2v) is 20.5. The largest absolute Gasteiger partial charge is 0.334 e. The Bertz CT molecular complexity index is 3690. The van der Waals surface area contributed by atoms with Crippen LogP contribution in [0.4, 0.5) is 11.4 Å². The Morgan fingerprint density at radius 2 is 0.908 bits per heavy atom. The number of aromatic nitrogens is 1. The van der Waals surface area contributed by atoms with Gasteiger partial charge in [-0.2, -0.15) is 0 Å². The molecule has 13 rings (SSSR count). The maximum absolute atomic E-state index is 2.66. The van der Waals surface area contributed by atoms with E-state index in [2.05, 4.69) is 245 Å². The van der Waals surface area contributed by atoms with Gasteiger partial charge in [0.25, 0.3) is 0 Å². The first kappa shape index (κ1) is 38.3. The lowest BCUT2D eigenvalue weighted by Gasteiger charge is -2.51. The molecule has 0 N–H and O–H groups in total. The molecule has 3 aliphatic rings. The minimum atomic E-state index is -0.169. The molecule has 10 aromatic rings. The van der Waals surface area contributed by atoms with Crippen molar-refractivity contribution < 1.29 is 0 Å². The van der Waals surface area contributed by atoms with Gasteiger partial charge in [0, 0.05) is 50.0 Å². The molecule has 314 valence electrons. The Morgan fingerprint density at radius 1 is 0.400 bits per heavy atom. The summed E-state index contributed by atoms with van der Waals surface area (Å²) in [7, 11) is 0. The summed E-state index contributed by atoms with van der Waals surface area (Å²) in [5.74, 6) is 0.232. The Hall–Kier alpha value is -7.16. The van der Waals surface area contributed by atoms with E-state index in [1.165, 1.54) is 110 Å². The topological polar surface area (TPSA) is 8.17 Å². The standard InChI is InChI=1S/C63H52N2/c1-61(2)51-26-16-17-27-52(51)62(3,4)55-36-47-46(35-54(55)61)43-23-13-14-24-44(43)49-38-60-56(37-48(47)49)63(5,6)53-31-29-40(34-59(53)65(60)42-21-11-8-12-22-42)39-30-32-58-50(33-39)45-25-15-18-28-57(45)64(58)41-19-9-7-10-20-41/h7-38,53,59H,1-6H3. The first-order chi connectivity index (χ1) is 31.5. The van der Waals surface area contributed by atoms with Gasteiger partial charge in [-0.05, 0) is 138 Å². The molecule has 0 amide bonds. The van der Waals surface area contributed by atoms with Gasteiger partial charge in [-0.3, -0.25) is 0 Å². The highest BCUT2D eigenvalue weighted by atomic mass is 15.2. The number of anilines is 2. The number of rotatable bonds is 3. The van der Waals surface area contributed by atoms with Crippen LogP contribution in [0.3, 0.4) is 0 Å². The van der Waals surface area contributed by atoms with Gasteiger partial charge < -0.3 is 9.47 Å². The second kappa shape index (κ2) is 13.4. The zero-order valence-electron chi connectivity index (χ0n) is 38.0. The van der Waals surface area contributed by atoms with Gasteiger partial charge in [-0.15, -0.1) is 0 Å². The van der Waals surface area contributed by atoms with Crippen molar-refractivity contribution in [2.75, 3.05) is 4.90 Å². The van der Waals surface area contributed by atoms with Crippen LogP contribution in [0.15, 0.2) is 194 Å². The quantitative estimate of drug-likeness (QED) is 0.161. The molecule has 2 unspecified atom stereocenters. The van der Waals surface area contributed by atoms with E-state index in [0.29, 0.717) is 0 Å². The fourth-order valence-electron chi connectivity index (χ4n) is 12.7.